The van der Waals surface area contributed by atoms with Gasteiger partial charge >= 0.3 is 0 Å². The van der Waals surface area contributed by atoms with Gasteiger partial charge in [0.15, 0.2) is 5.96 Å². The Labute approximate surface area is 77.4 Å². The predicted molar refractivity (Wildman–Crippen MR) is 54.1 cm³/mol. The molecule has 62 valence electrons. The average molecular weight is 228 g/mol. The van der Waals surface area contributed by atoms with Crippen molar-refractivity contribution in [1.82, 2.24) is 0 Å². The second kappa shape index (κ2) is 9.10. The summed E-state index contributed by atoms with van der Waals surface area (Å²) < 4.78 is 0. The largest absolute Gasteiger partial charge is 0.370 e. The van der Waals surface area contributed by atoms with Gasteiger partial charge in [-0.3, -0.25) is 4.99 Å². The molecule has 0 aliphatic heterocycles. The van der Waals surface area contributed by atoms with Crippen molar-refractivity contribution < 1.29 is 0 Å². The molecule has 3 nitrogen and oxygen atoms in total. The number of hydrogen-bond donors (Lipinski definition) is 3. The number of halogens is 1. The average Bonchev–Trinajstić information content (AvgIpc) is 1.80. The minimum absolute atomic E-state index is 0. The van der Waals surface area contributed by atoms with Gasteiger partial charge in [-0.05, 0) is 18.6 Å². The van der Waals surface area contributed by atoms with Gasteiger partial charge < -0.3 is 11.5 Å². The monoisotopic (exact) mass is 227 g/mol. The van der Waals surface area contributed by atoms with E-state index in [-0.39, 0.29) is 22.9 Å². The second-order valence-corrected chi connectivity index (χ2v) is 2.18. The lowest BCUT2D eigenvalue weighted by Gasteiger charge is -1.92. The molecule has 0 saturated heterocycles. The van der Waals surface area contributed by atoms with Crippen LogP contribution >= 0.6 is 29.6 Å². The van der Waals surface area contributed by atoms with Crippen LogP contribution in [0.3, 0.4) is 0 Å². The molecule has 0 aliphatic carbocycles. The number of aliphatic imine (C=N–C) groups is 1. The molecule has 5 heteroatoms. The number of nitrogens with zero attached hydrogens (tertiary/aromatic N) is 1. The van der Waals surface area contributed by atoms with Crippen LogP contribution in [0.15, 0.2) is 4.99 Å². The number of guanidine groups is 1. The maximum absolute atomic E-state index is 5.08. The first-order chi connectivity index (χ1) is 4.27. The van der Waals surface area contributed by atoms with Gasteiger partial charge in [0, 0.05) is 6.54 Å². The Morgan fingerprint density at radius 1 is 1.30 bits per heavy atom. The fraction of sp³-hybridized carbons (Fsp3) is 0.800. The van der Waals surface area contributed by atoms with Crippen LogP contribution in [0.5, 0.6) is 0 Å². The third-order valence-electron chi connectivity index (χ3n) is 0.861. The summed E-state index contributed by atoms with van der Waals surface area (Å²) in [6, 6.07) is 0. The Bertz CT molecular complexity index is 92.9. The van der Waals surface area contributed by atoms with E-state index in [1.165, 1.54) is 0 Å². The fourth-order valence-electron chi connectivity index (χ4n) is 0.432. The van der Waals surface area contributed by atoms with Gasteiger partial charge in [-0.1, -0.05) is 0 Å². The van der Waals surface area contributed by atoms with E-state index in [9.17, 15) is 0 Å². The fourth-order valence-corrected chi connectivity index (χ4v) is 0.655. The Kier molecular flexibility index (Phi) is 11.6. The maximum Gasteiger partial charge on any atom is 0.185 e. The van der Waals surface area contributed by atoms with Gasteiger partial charge in [0.25, 0.3) is 0 Å². The van der Waals surface area contributed by atoms with Crippen LogP contribution < -0.4 is 11.5 Å². The van der Waals surface area contributed by atoms with E-state index >= 15 is 0 Å². The Balaban J connectivity index is 0. The molecular weight excluding hydrogens is 214 g/mol. The number of hydrogen-bond acceptors (Lipinski definition) is 2. The summed E-state index contributed by atoms with van der Waals surface area (Å²) >= 11 is 4.03. The molecule has 0 aromatic heterocycles. The smallest absolute Gasteiger partial charge is 0.185 e. The summed E-state index contributed by atoms with van der Waals surface area (Å²) in [6.07, 6.45) is 2.08. The molecule has 0 aromatic carbocycles. The highest BCUT2D eigenvalue weighted by atomic mass is 79.9. The highest BCUT2D eigenvalue weighted by molar-refractivity contribution is 8.93. The minimum Gasteiger partial charge on any atom is -0.370 e. The van der Waals surface area contributed by atoms with Crippen LogP contribution in [0.1, 0.15) is 12.8 Å². The third-order valence-corrected chi connectivity index (χ3v) is 1.18. The van der Waals surface area contributed by atoms with E-state index in [0.29, 0.717) is 0 Å². The summed E-state index contributed by atoms with van der Waals surface area (Å²) in [6.45, 7) is 0.725. The normalized spacial score (nSPS) is 8.10. The molecule has 4 N–H and O–H groups in total. The first-order valence-electron chi connectivity index (χ1n) is 2.93. The zero-order chi connectivity index (χ0) is 7.11. The van der Waals surface area contributed by atoms with Crippen LogP contribution in [-0.2, 0) is 0 Å². The first kappa shape index (κ1) is 12.7. The zero-order valence-corrected chi connectivity index (χ0v) is 8.39. The molecule has 0 atom stereocenters. The van der Waals surface area contributed by atoms with Crippen LogP contribution in [0.25, 0.3) is 0 Å². The van der Waals surface area contributed by atoms with Gasteiger partial charge in [-0.15, -0.1) is 17.0 Å². The Hall–Kier alpha value is 0.1000. The lowest BCUT2D eigenvalue weighted by atomic mass is 10.3. The van der Waals surface area contributed by atoms with Crippen molar-refractivity contribution in [1.29, 1.82) is 0 Å². The van der Waals surface area contributed by atoms with E-state index in [0.717, 1.165) is 25.1 Å². The molecule has 0 fully saturated rings. The van der Waals surface area contributed by atoms with Crippen molar-refractivity contribution in [2.75, 3.05) is 12.3 Å². The van der Waals surface area contributed by atoms with Crippen molar-refractivity contribution in [2.45, 2.75) is 12.8 Å². The van der Waals surface area contributed by atoms with Crippen LogP contribution in [-0.4, -0.2) is 18.3 Å². The summed E-state index contributed by atoms with van der Waals surface area (Å²) in [4.78, 5) is 3.80. The molecule has 0 aliphatic rings. The zero-order valence-electron chi connectivity index (χ0n) is 5.79. The Morgan fingerprint density at radius 2 is 1.90 bits per heavy atom. The first-order valence-corrected chi connectivity index (χ1v) is 3.57. The van der Waals surface area contributed by atoms with Crippen LogP contribution in [0.4, 0.5) is 0 Å². The van der Waals surface area contributed by atoms with Gasteiger partial charge in [0.1, 0.15) is 0 Å². The van der Waals surface area contributed by atoms with Crippen molar-refractivity contribution in [3.8, 4) is 0 Å². The predicted octanol–water partition coefficient (Wildman–Crippen LogP) is 0.548. The maximum atomic E-state index is 5.08. The molecule has 0 bridgehead atoms. The molecule has 0 unspecified atom stereocenters. The minimum atomic E-state index is 0. The molecular formula is C5H14BrN3S. The highest BCUT2D eigenvalue weighted by Crippen LogP contribution is 1.90. The number of thiol groups is 1. The number of nitrogens with two attached hydrogens (primary N) is 2. The molecule has 0 saturated carbocycles. The number of rotatable bonds is 4. The Morgan fingerprint density at radius 3 is 2.30 bits per heavy atom. The van der Waals surface area contributed by atoms with E-state index in [2.05, 4.69) is 17.6 Å². The van der Waals surface area contributed by atoms with Crippen molar-refractivity contribution in [2.24, 2.45) is 16.5 Å². The highest BCUT2D eigenvalue weighted by Gasteiger charge is 1.82. The van der Waals surface area contributed by atoms with Crippen LogP contribution in [0.2, 0.25) is 0 Å². The van der Waals surface area contributed by atoms with Crippen molar-refractivity contribution >= 4 is 35.6 Å². The van der Waals surface area contributed by atoms with Crippen LogP contribution in [0, 0.1) is 0 Å². The second-order valence-electron chi connectivity index (χ2n) is 1.74. The molecule has 0 radical (unpaired) electrons. The quantitative estimate of drug-likeness (QED) is 0.285. The summed E-state index contributed by atoms with van der Waals surface area (Å²) in [5.74, 6) is 1.08. The van der Waals surface area contributed by atoms with Gasteiger partial charge in [-0.2, -0.15) is 12.6 Å². The van der Waals surface area contributed by atoms with E-state index in [1.807, 2.05) is 0 Å². The SMILES string of the molecule is Br.NC(N)=NCCCCS. The number of unbranched alkanes of at least 4 members (excludes halogenated alkanes) is 1. The van der Waals surface area contributed by atoms with E-state index < -0.39 is 0 Å². The standard InChI is InChI=1S/C5H13N3S.BrH/c6-5(7)8-3-1-2-4-9;/h9H,1-4H2,(H4,6,7,8);1H. The van der Waals surface area contributed by atoms with Gasteiger partial charge in [0.2, 0.25) is 0 Å². The molecule has 0 amide bonds. The third kappa shape index (κ3) is 11.0. The van der Waals surface area contributed by atoms with Crippen molar-refractivity contribution in [3.63, 3.8) is 0 Å². The van der Waals surface area contributed by atoms with Gasteiger partial charge in [-0.25, -0.2) is 0 Å². The molecule has 0 rings (SSSR count). The van der Waals surface area contributed by atoms with E-state index in [1.54, 1.807) is 0 Å². The molecule has 0 heterocycles. The summed E-state index contributed by atoms with van der Waals surface area (Å²) in [5, 5.41) is 0. The summed E-state index contributed by atoms with van der Waals surface area (Å²) in [7, 11) is 0. The molecule has 0 spiro atoms. The lowest BCUT2D eigenvalue weighted by molar-refractivity contribution is 0.815. The topological polar surface area (TPSA) is 64.4 Å². The lowest BCUT2D eigenvalue weighted by Crippen LogP contribution is -2.22. The van der Waals surface area contributed by atoms with Gasteiger partial charge in [0.05, 0.1) is 0 Å². The summed E-state index contributed by atoms with van der Waals surface area (Å²) in [5.41, 5.74) is 10.2. The van der Waals surface area contributed by atoms with Crippen molar-refractivity contribution in [3.05, 3.63) is 0 Å². The van der Waals surface area contributed by atoms with E-state index in [4.69, 9.17) is 11.5 Å². The molecule has 10 heavy (non-hydrogen) atoms. The molecule has 0 aromatic rings.